The van der Waals surface area contributed by atoms with Crippen molar-refractivity contribution in [2.45, 2.75) is 25.2 Å². The summed E-state index contributed by atoms with van der Waals surface area (Å²) in [5.74, 6) is -0.444. The van der Waals surface area contributed by atoms with E-state index in [1.54, 1.807) is 12.1 Å². The monoisotopic (exact) mass is 618 g/mol. The van der Waals surface area contributed by atoms with E-state index in [2.05, 4.69) is 14.5 Å². The Balaban J connectivity index is 2.08. The summed E-state index contributed by atoms with van der Waals surface area (Å²) < 4.78 is 80.8. The topological polar surface area (TPSA) is 84.5 Å². The molecule has 0 aromatic heterocycles. The SMILES string of the molecule is [C-]#[N+]C([N+]#[C-])=C1Cc2c(-c3ccc(C(F)(F)F)cc3)c3c(c(-c4ccc(C(F)(F)F)cc4)c2=C1[N+]#[C-])CC(=C(C#N)C#N)C=3C#N. The van der Waals surface area contributed by atoms with Crippen molar-refractivity contribution >= 4 is 11.3 Å². The number of alkyl halides is 6. The van der Waals surface area contributed by atoms with Crippen molar-refractivity contribution in [3.63, 3.8) is 0 Å². The molecule has 0 heterocycles. The predicted octanol–water partition coefficient (Wildman–Crippen LogP) is 7.27. The van der Waals surface area contributed by atoms with Crippen molar-refractivity contribution in [1.82, 2.24) is 0 Å². The first kappa shape index (κ1) is 30.8. The highest BCUT2D eigenvalue weighted by atomic mass is 19.4. The molecule has 2 aliphatic carbocycles. The first-order valence-electron chi connectivity index (χ1n) is 13.0. The number of halogens is 6. The van der Waals surface area contributed by atoms with Crippen LogP contribution in [-0.4, -0.2) is 0 Å². The average Bonchev–Trinajstić information content (AvgIpc) is 3.59. The summed E-state index contributed by atoms with van der Waals surface area (Å²) >= 11 is 0. The van der Waals surface area contributed by atoms with E-state index in [1.807, 2.05) is 6.07 Å². The predicted molar refractivity (Wildman–Crippen MR) is 151 cm³/mol. The first-order chi connectivity index (χ1) is 21.8. The van der Waals surface area contributed by atoms with E-state index in [-0.39, 0.29) is 79.1 Å². The maximum Gasteiger partial charge on any atom is 0.512 e. The largest absolute Gasteiger partial charge is 0.512 e. The second-order valence-corrected chi connectivity index (χ2v) is 10.0. The summed E-state index contributed by atoms with van der Waals surface area (Å²) in [7, 11) is 0. The minimum absolute atomic E-state index is 0.00984. The first-order valence-corrected chi connectivity index (χ1v) is 13.0. The number of nitriles is 3. The molecule has 12 heteroatoms. The molecule has 3 aromatic rings. The molecule has 0 saturated carbocycles. The van der Waals surface area contributed by atoms with Crippen LogP contribution in [0.15, 0.2) is 71.1 Å². The summed E-state index contributed by atoms with van der Waals surface area (Å²) in [5.41, 5.74) is -1.41. The number of fused-ring (bicyclic) bond motifs is 2. The van der Waals surface area contributed by atoms with Crippen LogP contribution in [0.2, 0.25) is 0 Å². The zero-order valence-corrected chi connectivity index (χ0v) is 23.0. The van der Waals surface area contributed by atoms with Crippen LogP contribution in [0.25, 0.3) is 48.1 Å². The maximum atomic E-state index is 13.5. The van der Waals surface area contributed by atoms with Crippen molar-refractivity contribution in [2.75, 3.05) is 0 Å². The van der Waals surface area contributed by atoms with Gasteiger partial charge < -0.3 is 0 Å². The van der Waals surface area contributed by atoms with E-state index in [4.69, 9.17) is 19.7 Å². The molecule has 0 amide bonds. The van der Waals surface area contributed by atoms with Gasteiger partial charge in [-0.3, -0.25) is 0 Å². The molecule has 2 aliphatic rings. The van der Waals surface area contributed by atoms with Gasteiger partial charge in [0.05, 0.1) is 28.8 Å². The molecule has 46 heavy (non-hydrogen) atoms. The van der Waals surface area contributed by atoms with Gasteiger partial charge in [0.25, 0.3) is 0 Å². The third kappa shape index (κ3) is 4.82. The summed E-state index contributed by atoms with van der Waals surface area (Å²) in [6.07, 6.45) is -9.82. The number of hydrogen-bond donors (Lipinski definition) is 0. The molecule has 0 spiro atoms. The second-order valence-electron chi connectivity index (χ2n) is 10.0. The molecule has 0 atom stereocenters. The molecule has 3 aromatic carbocycles. The smallest absolute Gasteiger partial charge is 0.238 e. The Morgan fingerprint density at radius 1 is 0.652 bits per heavy atom. The van der Waals surface area contributed by atoms with Gasteiger partial charge in [0.1, 0.15) is 36.9 Å². The Morgan fingerprint density at radius 2 is 1.09 bits per heavy atom. The minimum atomic E-state index is -4.68. The van der Waals surface area contributed by atoms with E-state index in [1.165, 1.54) is 0 Å². The molecular formula is C34H12F6N6. The number of benzene rings is 3. The summed E-state index contributed by atoms with van der Waals surface area (Å²) in [6, 6.07) is 13.4. The lowest BCUT2D eigenvalue weighted by Crippen LogP contribution is -2.24. The van der Waals surface area contributed by atoms with E-state index in [0.29, 0.717) is 0 Å². The van der Waals surface area contributed by atoms with Crippen molar-refractivity contribution in [3.05, 3.63) is 138 Å². The number of rotatable bonds is 2. The Labute approximate surface area is 257 Å². The Kier molecular flexibility index (Phi) is 7.48. The fraction of sp³-hybridized carbons (Fsp3) is 0.118. The van der Waals surface area contributed by atoms with Gasteiger partial charge >= 0.3 is 18.2 Å². The normalized spacial score (nSPS) is 13.4. The second kappa shape index (κ2) is 11.2. The highest BCUT2D eigenvalue weighted by Gasteiger charge is 2.37. The highest BCUT2D eigenvalue weighted by molar-refractivity contribution is 5.95. The van der Waals surface area contributed by atoms with Crippen molar-refractivity contribution in [3.8, 4) is 40.5 Å². The molecule has 0 bridgehead atoms. The van der Waals surface area contributed by atoms with Gasteiger partial charge in [-0.25, -0.2) is 4.85 Å². The molecule has 0 unspecified atom stereocenters. The molecule has 220 valence electrons. The van der Waals surface area contributed by atoms with Crippen molar-refractivity contribution < 1.29 is 26.3 Å². The van der Waals surface area contributed by atoms with Crippen LogP contribution < -0.4 is 10.4 Å². The highest BCUT2D eigenvalue weighted by Crippen LogP contribution is 2.41. The number of hydrogen-bond acceptors (Lipinski definition) is 3. The van der Waals surface area contributed by atoms with Gasteiger partial charge in [0.15, 0.2) is 5.70 Å². The van der Waals surface area contributed by atoms with Gasteiger partial charge in [-0.05, 0) is 69.3 Å². The van der Waals surface area contributed by atoms with Crippen LogP contribution in [0, 0.1) is 53.7 Å². The molecule has 6 nitrogen and oxygen atoms in total. The van der Waals surface area contributed by atoms with Gasteiger partial charge in [-0.1, -0.05) is 24.3 Å². The lowest BCUT2D eigenvalue weighted by molar-refractivity contribution is -0.138. The number of nitrogens with zero attached hydrogens (tertiary/aromatic N) is 6. The lowest BCUT2D eigenvalue weighted by atomic mass is 9.86. The molecule has 0 fully saturated rings. The van der Waals surface area contributed by atoms with E-state index < -0.39 is 34.9 Å². The van der Waals surface area contributed by atoms with Crippen LogP contribution in [0.4, 0.5) is 26.3 Å². The van der Waals surface area contributed by atoms with Gasteiger partial charge in [0.2, 0.25) is 0 Å². The molecule has 0 N–H and O–H groups in total. The zero-order chi connectivity index (χ0) is 33.6. The lowest BCUT2D eigenvalue weighted by Gasteiger charge is -2.18. The van der Waals surface area contributed by atoms with Gasteiger partial charge in [0, 0.05) is 17.2 Å². The maximum absolute atomic E-state index is 13.5. The third-order valence-corrected chi connectivity index (χ3v) is 7.72. The summed E-state index contributed by atoms with van der Waals surface area (Å²) in [4.78, 5) is 10.1. The average molecular weight is 618 g/mol. The standard InChI is InChI=1S/C34H12F6N6/c1-44-31-25(32(45-2)46-3)13-24-27(17-4-8-20(9-5-17)33(35,36)37)29-23(12-22(26(29)16-43)19(14-41)15-42)28(30(24)31)18-6-10-21(11-7-18)34(38,39)40/h4-11H,12-13H2. The quantitative estimate of drug-likeness (QED) is 0.172. The van der Waals surface area contributed by atoms with Crippen LogP contribution in [0.1, 0.15) is 22.3 Å². The molecule has 0 saturated heterocycles. The molecule has 5 rings (SSSR count). The van der Waals surface area contributed by atoms with Crippen LogP contribution >= 0.6 is 0 Å². The molecule has 0 radical (unpaired) electrons. The Bertz CT molecular complexity index is 2120. The van der Waals surface area contributed by atoms with Gasteiger partial charge in [-0.2, -0.15) is 51.8 Å². The van der Waals surface area contributed by atoms with Crippen LogP contribution in [0.3, 0.4) is 0 Å². The molecular weight excluding hydrogens is 606 g/mol. The van der Waals surface area contributed by atoms with Crippen LogP contribution in [0.5, 0.6) is 0 Å². The van der Waals surface area contributed by atoms with Crippen LogP contribution in [-0.2, 0) is 25.2 Å². The van der Waals surface area contributed by atoms with Crippen molar-refractivity contribution in [1.29, 1.82) is 15.8 Å². The van der Waals surface area contributed by atoms with E-state index in [0.717, 1.165) is 48.5 Å². The third-order valence-electron chi connectivity index (χ3n) is 7.72. The molecule has 0 aliphatic heterocycles. The minimum Gasteiger partial charge on any atom is -0.238 e. The Morgan fingerprint density at radius 3 is 1.48 bits per heavy atom. The number of allylic oxidation sites excluding steroid dienone is 2. The summed E-state index contributed by atoms with van der Waals surface area (Å²) in [6.45, 7) is 23.0. The van der Waals surface area contributed by atoms with E-state index >= 15 is 0 Å². The zero-order valence-electron chi connectivity index (χ0n) is 23.0. The van der Waals surface area contributed by atoms with Crippen molar-refractivity contribution in [2.24, 2.45) is 0 Å². The summed E-state index contributed by atoms with van der Waals surface area (Å²) in [5, 5.41) is 30.0. The Hall–Kier alpha value is -6.60. The van der Waals surface area contributed by atoms with E-state index in [9.17, 15) is 42.1 Å². The van der Waals surface area contributed by atoms with Gasteiger partial charge in [-0.15, -0.1) is 0 Å². The fourth-order valence-electron chi connectivity index (χ4n) is 5.83. The fourth-order valence-corrected chi connectivity index (χ4v) is 5.83.